The smallest absolute Gasteiger partial charge is 0.224 e. The van der Waals surface area contributed by atoms with Crippen LogP contribution in [-0.2, 0) is 0 Å². The average Bonchev–Trinajstić information content (AvgIpc) is 2.90. The number of nitrogens with one attached hydrogen (secondary N) is 1. The Labute approximate surface area is 154 Å². The minimum absolute atomic E-state index is 0.734. The molecule has 1 saturated heterocycles. The van der Waals surface area contributed by atoms with Crippen molar-refractivity contribution < 1.29 is 0 Å². The van der Waals surface area contributed by atoms with Gasteiger partial charge in [-0.3, -0.25) is 0 Å². The molecule has 2 atom stereocenters. The summed E-state index contributed by atoms with van der Waals surface area (Å²) in [5, 5.41) is 3.40. The molecule has 2 heterocycles. The Bertz CT molecular complexity index is 485. The van der Waals surface area contributed by atoms with Crippen LogP contribution in [0.15, 0.2) is 12.3 Å². The molecule has 0 aliphatic carbocycles. The van der Waals surface area contributed by atoms with Gasteiger partial charge >= 0.3 is 0 Å². The van der Waals surface area contributed by atoms with Gasteiger partial charge in [-0.2, -0.15) is 4.98 Å². The van der Waals surface area contributed by atoms with Crippen molar-refractivity contribution in [1.82, 2.24) is 14.9 Å². The van der Waals surface area contributed by atoms with E-state index >= 15 is 0 Å². The van der Waals surface area contributed by atoms with E-state index in [9.17, 15) is 0 Å². The zero-order valence-corrected chi connectivity index (χ0v) is 16.7. The molecule has 1 aliphatic rings. The topological polar surface area (TPSA) is 44.3 Å². The predicted molar refractivity (Wildman–Crippen MR) is 107 cm³/mol. The first-order chi connectivity index (χ1) is 12.1. The normalized spacial score (nSPS) is 18.0. The van der Waals surface area contributed by atoms with Gasteiger partial charge in [-0.05, 0) is 37.8 Å². The second kappa shape index (κ2) is 10.6. The Hall–Kier alpha value is -1.36. The summed E-state index contributed by atoms with van der Waals surface area (Å²) in [6, 6.07) is 2.04. The Kier molecular flexibility index (Phi) is 8.45. The number of aromatic nitrogens is 2. The van der Waals surface area contributed by atoms with Crippen molar-refractivity contribution in [2.24, 2.45) is 11.8 Å². The van der Waals surface area contributed by atoms with Crippen molar-refractivity contribution in [3.63, 3.8) is 0 Å². The molecule has 2 unspecified atom stereocenters. The number of rotatable bonds is 9. The van der Waals surface area contributed by atoms with E-state index in [1.54, 1.807) is 0 Å². The van der Waals surface area contributed by atoms with Gasteiger partial charge < -0.3 is 15.1 Å². The van der Waals surface area contributed by atoms with E-state index in [2.05, 4.69) is 47.9 Å². The highest BCUT2D eigenvalue weighted by Crippen LogP contribution is 2.18. The number of hydrogen-bond acceptors (Lipinski definition) is 5. The zero-order valence-electron chi connectivity index (χ0n) is 16.7. The Morgan fingerprint density at radius 2 is 1.88 bits per heavy atom. The zero-order chi connectivity index (χ0) is 18.1. The minimum atomic E-state index is 0.734. The van der Waals surface area contributed by atoms with Gasteiger partial charge in [-0.1, -0.05) is 40.0 Å². The molecule has 25 heavy (non-hydrogen) atoms. The summed E-state index contributed by atoms with van der Waals surface area (Å²) in [6.07, 6.45) is 8.36. The summed E-state index contributed by atoms with van der Waals surface area (Å²) in [4.78, 5) is 13.9. The minimum Gasteiger partial charge on any atom is -0.356 e. The molecule has 1 N–H and O–H groups in total. The van der Waals surface area contributed by atoms with Crippen LogP contribution < -0.4 is 10.2 Å². The van der Waals surface area contributed by atoms with E-state index in [1.165, 1.54) is 32.1 Å². The van der Waals surface area contributed by atoms with Gasteiger partial charge in [0.1, 0.15) is 5.82 Å². The predicted octanol–water partition coefficient (Wildman–Crippen LogP) is 3.88. The monoisotopic (exact) mass is 347 g/mol. The average molecular weight is 348 g/mol. The number of likely N-dealkylation sites (N-methyl/N-ethyl adjacent to an activating group) is 1. The van der Waals surface area contributed by atoms with Crippen LogP contribution in [0.5, 0.6) is 0 Å². The lowest BCUT2D eigenvalue weighted by atomic mass is 9.93. The molecule has 1 aromatic heterocycles. The van der Waals surface area contributed by atoms with Crippen molar-refractivity contribution in [3.8, 4) is 0 Å². The van der Waals surface area contributed by atoms with Crippen LogP contribution in [0.1, 0.15) is 52.9 Å². The highest BCUT2D eigenvalue weighted by Gasteiger charge is 2.13. The van der Waals surface area contributed by atoms with Gasteiger partial charge in [-0.15, -0.1) is 0 Å². The largest absolute Gasteiger partial charge is 0.356 e. The summed E-state index contributed by atoms with van der Waals surface area (Å²) in [5.41, 5.74) is 0. The fourth-order valence-electron chi connectivity index (χ4n) is 3.43. The third-order valence-electron chi connectivity index (χ3n) is 5.56. The number of nitrogens with zero attached hydrogens (tertiary/aromatic N) is 4. The molecule has 5 nitrogen and oxygen atoms in total. The highest BCUT2D eigenvalue weighted by atomic mass is 15.2. The molecule has 0 saturated carbocycles. The van der Waals surface area contributed by atoms with Crippen molar-refractivity contribution >= 4 is 11.8 Å². The maximum atomic E-state index is 4.72. The first-order valence-corrected chi connectivity index (χ1v) is 10.1. The third kappa shape index (κ3) is 6.81. The van der Waals surface area contributed by atoms with E-state index in [4.69, 9.17) is 4.98 Å². The maximum Gasteiger partial charge on any atom is 0.224 e. The van der Waals surface area contributed by atoms with Crippen LogP contribution in [0.2, 0.25) is 0 Å². The van der Waals surface area contributed by atoms with E-state index in [0.29, 0.717) is 0 Å². The van der Waals surface area contributed by atoms with Gasteiger partial charge in [0, 0.05) is 38.9 Å². The third-order valence-corrected chi connectivity index (χ3v) is 5.56. The fraction of sp³-hybridized carbons (Fsp3) is 0.800. The van der Waals surface area contributed by atoms with Crippen molar-refractivity contribution in [1.29, 1.82) is 0 Å². The van der Waals surface area contributed by atoms with E-state index in [-0.39, 0.29) is 0 Å². The molecule has 142 valence electrons. The lowest BCUT2D eigenvalue weighted by molar-refractivity contribution is 0.244. The second-order valence-electron chi connectivity index (χ2n) is 7.69. The van der Waals surface area contributed by atoms with E-state index < -0.39 is 0 Å². The molecule has 0 radical (unpaired) electrons. The molecule has 1 fully saturated rings. The molecule has 0 aromatic carbocycles. The van der Waals surface area contributed by atoms with Gasteiger partial charge in [0.2, 0.25) is 5.95 Å². The summed E-state index contributed by atoms with van der Waals surface area (Å²) in [5.74, 6) is 3.34. The van der Waals surface area contributed by atoms with Crippen molar-refractivity contribution in [2.45, 2.75) is 52.9 Å². The van der Waals surface area contributed by atoms with Crippen molar-refractivity contribution in [2.75, 3.05) is 50.0 Å². The molecule has 0 spiro atoms. The van der Waals surface area contributed by atoms with Crippen LogP contribution in [0.4, 0.5) is 11.8 Å². The molecular weight excluding hydrogens is 310 g/mol. The Morgan fingerprint density at radius 1 is 1.16 bits per heavy atom. The molecule has 0 bridgehead atoms. The quantitative estimate of drug-likeness (QED) is 0.734. The molecule has 2 rings (SSSR count). The molecule has 1 aliphatic heterocycles. The summed E-state index contributed by atoms with van der Waals surface area (Å²) in [7, 11) is 2.20. The van der Waals surface area contributed by atoms with Gasteiger partial charge in [0.05, 0.1) is 0 Å². The lowest BCUT2D eigenvalue weighted by Gasteiger charge is -2.25. The van der Waals surface area contributed by atoms with Crippen LogP contribution in [0.25, 0.3) is 0 Å². The van der Waals surface area contributed by atoms with Crippen molar-refractivity contribution in [3.05, 3.63) is 12.3 Å². The molecule has 5 heteroatoms. The second-order valence-corrected chi connectivity index (χ2v) is 7.69. The Morgan fingerprint density at radius 3 is 2.56 bits per heavy atom. The first kappa shape index (κ1) is 20.0. The van der Waals surface area contributed by atoms with E-state index in [1.807, 2.05) is 12.3 Å². The maximum absolute atomic E-state index is 4.72. The SMILES string of the molecule is CCC(C)C(C)CN(C)CCNc1nccc(N2CCCCCC2)n1. The van der Waals surface area contributed by atoms with Crippen LogP contribution >= 0.6 is 0 Å². The fourth-order valence-corrected chi connectivity index (χ4v) is 3.43. The highest BCUT2D eigenvalue weighted by molar-refractivity contribution is 5.42. The summed E-state index contributed by atoms with van der Waals surface area (Å²) < 4.78 is 0. The molecular formula is C20H37N5. The standard InChI is InChI=1S/C20H37N5/c1-5-17(2)18(3)16-24(4)15-12-22-20-21-11-10-19(23-20)25-13-8-6-7-9-14-25/h10-11,17-18H,5-9,12-16H2,1-4H3,(H,21,22,23). The summed E-state index contributed by atoms with van der Waals surface area (Å²) >= 11 is 0. The first-order valence-electron chi connectivity index (χ1n) is 10.1. The lowest BCUT2D eigenvalue weighted by Crippen LogP contribution is -2.31. The van der Waals surface area contributed by atoms with Gasteiger partial charge in [0.15, 0.2) is 0 Å². The molecule has 0 amide bonds. The number of hydrogen-bond donors (Lipinski definition) is 1. The van der Waals surface area contributed by atoms with Crippen LogP contribution in [0.3, 0.4) is 0 Å². The molecule has 1 aromatic rings. The van der Waals surface area contributed by atoms with Gasteiger partial charge in [0.25, 0.3) is 0 Å². The van der Waals surface area contributed by atoms with E-state index in [0.717, 1.165) is 56.3 Å². The Balaban J connectivity index is 1.78. The number of anilines is 2. The van der Waals surface area contributed by atoms with Gasteiger partial charge in [-0.25, -0.2) is 4.98 Å². The van der Waals surface area contributed by atoms with Crippen LogP contribution in [0, 0.1) is 11.8 Å². The summed E-state index contributed by atoms with van der Waals surface area (Å²) in [6.45, 7) is 12.2. The van der Waals surface area contributed by atoms with Crippen LogP contribution in [-0.4, -0.2) is 54.6 Å².